The number of rotatable bonds is 2. The Kier molecular flexibility index (Phi) is 261. The molecule has 0 unspecified atom stereocenters. The van der Waals surface area contributed by atoms with Crippen LogP contribution in [0.25, 0.3) is 0 Å². The van der Waals surface area contributed by atoms with Gasteiger partial charge < -0.3 is 17.2 Å². The average Bonchev–Trinajstić information content (AvgIpc) is 2.09. The highest BCUT2D eigenvalue weighted by Gasteiger charge is 1.62. The molecule has 0 aliphatic carbocycles. The van der Waals surface area contributed by atoms with E-state index in [4.69, 9.17) is 5.73 Å². The molecule has 0 fully saturated rings. The molecule has 0 aromatic rings. The molecule has 0 aliphatic heterocycles. The van der Waals surface area contributed by atoms with Gasteiger partial charge in [0.15, 0.2) is 0 Å². The summed E-state index contributed by atoms with van der Waals surface area (Å²) in [6.45, 7) is 17.5. The third kappa shape index (κ3) is 866. The molecule has 0 heterocycles. The molecule has 0 radical (unpaired) electrons. The van der Waals surface area contributed by atoms with Crippen molar-refractivity contribution in [1.29, 1.82) is 0 Å². The summed E-state index contributed by atoms with van der Waals surface area (Å²) in [5.41, 5.74) is 4.85. The van der Waals surface area contributed by atoms with Gasteiger partial charge in [-0.2, -0.15) is 0 Å². The zero-order chi connectivity index (χ0) is 12.2. The van der Waals surface area contributed by atoms with Gasteiger partial charge in [-0.25, -0.2) is 0 Å². The van der Waals surface area contributed by atoms with Crippen LogP contribution in [0.15, 0.2) is 0 Å². The first kappa shape index (κ1) is 43.6. The molecule has 0 saturated carbocycles. The smallest absolute Gasteiger partial charge is 0.00775 e. The van der Waals surface area contributed by atoms with Crippen LogP contribution >= 0.6 is 0 Å². The van der Waals surface area contributed by atoms with Gasteiger partial charge in [0.25, 0.3) is 0 Å². The van der Waals surface area contributed by atoms with Crippen LogP contribution in [-0.2, 0) is 0 Å². The van der Waals surface area contributed by atoms with E-state index in [1.165, 1.54) is 12.8 Å². The number of nitrogens with two attached hydrogens (primary N) is 1. The van der Waals surface area contributed by atoms with E-state index < -0.39 is 0 Å². The van der Waals surface area contributed by atoms with E-state index >= 15 is 0 Å². The van der Waals surface area contributed by atoms with Crippen molar-refractivity contribution in [2.24, 2.45) is 5.73 Å². The van der Waals surface area contributed by atoms with Crippen LogP contribution in [0, 0.1) is 0 Å². The number of hydrogen-bond acceptors (Lipinski definition) is 3. The van der Waals surface area contributed by atoms with Crippen LogP contribution in [0.4, 0.5) is 0 Å². The minimum atomic E-state index is 0. The Hall–Kier alpha value is -0.120. The second-order valence-electron chi connectivity index (χ2n) is 2.78. The van der Waals surface area contributed by atoms with Gasteiger partial charge in [-0.05, 0) is 19.6 Å². The van der Waals surface area contributed by atoms with E-state index in [9.17, 15) is 0 Å². The third-order valence-corrected chi connectivity index (χ3v) is 0.500. The van der Waals surface area contributed by atoms with Crippen molar-refractivity contribution in [3.63, 3.8) is 0 Å². The van der Waals surface area contributed by atoms with Crippen molar-refractivity contribution in [3.05, 3.63) is 0 Å². The molecule has 0 aromatic heterocycles. The van der Waals surface area contributed by atoms with E-state index in [-0.39, 0.29) is 21.0 Å². The molecule has 0 atom stereocenters. The second kappa shape index (κ2) is 102. The molecule has 3 heteroatoms. The molecular weight excluding hydrogens is 210 g/mol. The van der Waals surface area contributed by atoms with Gasteiger partial charge in [0.1, 0.15) is 0 Å². The highest BCUT2D eigenvalue weighted by atomic mass is 14.8. The zero-order valence-electron chi connectivity index (χ0n) is 12.3. The summed E-state index contributed by atoms with van der Waals surface area (Å²) in [7, 11) is 0. The van der Waals surface area contributed by atoms with Gasteiger partial charge in [-0.15, -0.1) is 0 Å². The Morgan fingerprint density at radius 2 is 0.824 bits per heavy atom. The maximum absolute atomic E-state index is 4.85. The van der Waals surface area contributed by atoms with Crippen molar-refractivity contribution in [2.75, 3.05) is 19.6 Å². The van der Waals surface area contributed by atoms with Crippen molar-refractivity contribution < 1.29 is 0 Å². The van der Waals surface area contributed by atoms with Crippen molar-refractivity contribution in [1.82, 2.24) is 11.5 Å². The van der Waals surface area contributed by atoms with Gasteiger partial charge in [0.05, 0.1) is 0 Å². The maximum Gasteiger partial charge on any atom is -0.00775 e. The zero-order valence-corrected chi connectivity index (χ0v) is 12.3. The normalized spacial score (nSPS) is 5.65. The molecule has 0 amide bonds. The summed E-state index contributed by atoms with van der Waals surface area (Å²) in [4.78, 5) is 0. The monoisotopic (exact) mass is 255 g/mol. The lowest BCUT2D eigenvalue weighted by Gasteiger charge is -1.86. The molecule has 3 nitrogen and oxygen atoms in total. The highest BCUT2D eigenvalue weighted by Crippen LogP contribution is 1.56. The number of hydrogen-bond donors (Lipinski definition) is 3. The van der Waals surface area contributed by atoms with Crippen LogP contribution < -0.4 is 17.2 Å². The fourth-order valence-electron chi connectivity index (χ4n) is 0.250. The molecule has 0 rings (SSSR count). The van der Waals surface area contributed by atoms with Gasteiger partial charge in [-0.3, -0.25) is 0 Å². The number of nitrogens with one attached hydrogen (secondary N) is 1. The van der Waals surface area contributed by atoms with Crippen LogP contribution in [0.3, 0.4) is 0 Å². The first-order valence-electron chi connectivity index (χ1n) is 6.07. The summed E-state index contributed by atoms with van der Waals surface area (Å²) < 4.78 is 0. The van der Waals surface area contributed by atoms with Gasteiger partial charge in [0.2, 0.25) is 0 Å². The lowest BCUT2D eigenvalue weighted by molar-refractivity contribution is 0.762. The fraction of sp³-hybridized carbons (Fsp3) is 1.00. The van der Waals surface area contributed by atoms with E-state index in [1.807, 2.05) is 6.92 Å². The quantitative estimate of drug-likeness (QED) is 0.660. The maximum atomic E-state index is 4.85. The fourth-order valence-corrected chi connectivity index (χ4v) is 0.250. The van der Waals surface area contributed by atoms with Crippen molar-refractivity contribution in [2.45, 2.75) is 76.2 Å². The second-order valence-corrected chi connectivity index (χ2v) is 2.78. The lowest BCUT2D eigenvalue weighted by Crippen LogP contribution is -2.09. The van der Waals surface area contributed by atoms with Crippen molar-refractivity contribution >= 4 is 0 Å². The van der Waals surface area contributed by atoms with Gasteiger partial charge in [-0.1, -0.05) is 76.2 Å². The average molecular weight is 256 g/mol. The molecule has 0 aromatic carbocycles. The third-order valence-electron chi connectivity index (χ3n) is 0.500. The summed E-state index contributed by atoms with van der Waals surface area (Å²) in [6.07, 6.45) is 2.50. The Balaban J connectivity index is -0.0000000152. The Morgan fingerprint density at radius 3 is 0.824 bits per heavy atom. The van der Waals surface area contributed by atoms with Crippen molar-refractivity contribution in [3.8, 4) is 0 Å². The Labute approximate surface area is 114 Å². The molecule has 17 heavy (non-hydrogen) atoms. The Morgan fingerprint density at radius 1 is 0.706 bits per heavy atom. The van der Waals surface area contributed by atoms with Crippen LogP contribution in [-0.4, -0.2) is 19.6 Å². The van der Waals surface area contributed by atoms with Crippen LogP contribution in [0.1, 0.15) is 76.2 Å². The SMILES string of the molecule is C.C.CCC.CCC.CCN.CCNCC.N. The van der Waals surface area contributed by atoms with E-state index in [2.05, 4.69) is 46.9 Å². The molecule has 0 bridgehead atoms. The van der Waals surface area contributed by atoms with Gasteiger partial charge in [0, 0.05) is 0 Å². The molecular formula is C14H45N3. The molecule has 116 valence electrons. The van der Waals surface area contributed by atoms with E-state index in [0.717, 1.165) is 19.6 Å². The first-order chi connectivity index (χ1) is 6.66. The van der Waals surface area contributed by atoms with E-state index in [1.54, 1.807) is 0 Å². The summed E-state index contributed by atoms with van der Waals surface area (Å²) in [5, 5.41) is 3.11. The topological polar surface area (TPSA) is 73.0 Å². The summed E-state index contributed by atoms with van der Waals surface area (Å²) in [6, 6.07) is 0. The predicted octanol–water partition coefficient (Wildman–Crippen LogP) is 4.85. The van der Waals surface area contributed by atoms with E-state index in [0.29, 0.717) is 0 Å². The molecule has 6 N–H and O–H groups in total. The minimum absolute atomic E-state index is 0. The lowest BCUT2D eigenvalue weighted by atomic mass is 10.6. The van der Waals surface area contributed by atoms with Crippen LogP contribution in [0.5, 0.6) is 0 Å². The van der Waals surface area contributed by atoms with Gasteiger partial charge >= 0.3 is 0 Å². The minimum Gasteiger partial charge on any atom is -0.344 e. The summed E-state index contributed by atoms with van der Waals surface area (Å²) in [5.74, 6) is 0. The predicted molar refractivity (Wildman–Crippen MR) is 89.4 cm³/mol. The molecule has 0 saturated heterocycles. The largest absolute Gasteiger partial charge is 0.344 e. The standard InChI is InChI=1S/C4H11N.2C3H8.C2H7N.2CH4.H3N/c1-3-5-4-2;2*1-3-2;1-2-3;;;/h5H,3-4H2,1-2H3;2*3H2,1-2H3;2-3H2,1H3;2*1H4;1H3. The Bertz CT molecular complexity index is 35.7. The highest BCUT2D eigenvalue weighted by molar-refractivity contribution is 4.27. The first-order valence-corrected chi connectivity index (χ1v) is 6.07. The summed E-state index contributed by atoms with van der Waals surface area (Å²) >= 11 is 0. The molecule has 0 aliphatic rings. The molecule has 0 spiro atoms. The van der Waals surface area contributed by atoms with Crippen LogP contribution in [0.2, 0.25) is 0 Å².